The molecule has 0 saturated heterocycles. The number of rotatable bonds is 3. The van der Waals surface area contributed by atoms with Gasteiger partial charge in [-0.1, -0.05) is 35.9 Å². The molecule has 0 spiro atoms. The zero-order valence-corrected chi connectivity index (χ0v) is 14.2. The van der Waals surface area contributed by atoms with Crippen LogP contribution in [0.2, 0.25) is 5.02 Å². The van der Waals surface area contributed by atoms with Crippen molar-refractivity contribution < 1.29 is 4.79 Å². The molecule has 1 aromatic heterocycles. The fourth-order valence-corrected chi connectivity index (χ4v) is 3.09. The van der Waals surface area contributed by atoms with E-state index in [4.69, 9.17) is 11.6 Å². The predicted molar refractivity (Wildman–Crippen MR) is 100.0 cm³/mol. The minimum absolute atomic E-state index is 0.189. The molecule has 4 rings (SSSR count). The number of nitrogens with one attached hydrogen (secondary N) is 1. The standard InChI is InChI=1S/C20H16ClN3O/c21-17-7-10-19(22-11-17)23-20(25)14-5-8-18(9-6-14)24-12-15-3-1-2-4-16(15)13-24/h1-11H,12-13H2,(H,22,23,25). The van der Waals surface area contributed by atoms with Crippen molar-refractivity contribution in [3.05, 3.63) is 88.6 Å². The van der Waals surface area contributed by atoms with Crippen LogP contribution in [0.15, 0.2) is 66.9 Å². The predicted octanol–water partition coefficient (Wildman–Crippen LogP) is 4.51. The van der Waals surface area contributed by atoms with Crippen LogP contribution in [-0.4, -0.2) is 10.9 Å². The van der Waals surface area contributed by atoms with E-state index in [9.17, 15) is 4.79 Å². The van der Waals surface area contributed by atoms with E-state index in [0.717, 1.165) is 18.8 Å². The van der Waals surface area contributed by atoms with Crippen LogP contribution in [0, 0.1) is 0 Å². The third-order valence-electron chi connectivity index (χ3n) is 4.30. The highest BCUT2D eigenvalue weighted by molar-refractivity contribution is 6.30. The third kappa shape index (κ3) is 3.35. The molecule has 0 fully saturated rings. The molecule has 1 N–H and O–H groups in total. The summed E-state index contributed by atoms with van der Waals surface area (Å²) in [5.74, 6) is 0.291. The van der Waals surface area contributed by atoms with E-state index in [0.29, 0.717) is 16.4 Å². The molecule has 2 aromatic carbocycles. The smallest absolute Gasteiger partial charge is 0.256 e. The lowest BCUT2D eigenvalue weighted by molar-refractivity contribution is 0.102. The highest BCUT2D eigenvalue weighted by atomic mass is 35.5. The molecule has 0 saturated carbocycles. The van der Waals surface area contributed by atoms with Gasteiger partial charge < -0.3 is 10.2 Å². The molecule has 5 heteroatoms. The maximum absolute atomic E-state index is 12.3. The van der Waals surface area contributed by atoms with Gasteiger partial charge in [0, 0.05) is 30.5 Å². The Morgan fingerprint density at radius 3 is 2.24 bits per heavy atom. The number of halogens is 1. The maximum Gasteiger partial charge on any atom is 0.256 e. The van der Waals surface area contributed by atoms with E-state index in [2.05, 4.69) is 39.5 Å². The number of anilines is 2. The lowest BCUT2D eigenvalue weighted by Crippen LogP contribution is -2.16. The van der Waals surface area contributed by atoms with E-state index < -0.39 is 0 Å². The highest BCUT2D eigenvalue weighted by Crippen LogP contribution is 2.28. The first-order chi connectivity index (χ1) is 12.2. The summed E-state index contributed by atoms with van der Waals surface area (Å²) in [6.07, 6.45) is 1.51. The van der Waals surface area contributed by atoms with Crippen LogP contribution < -0.4 is 10.2 Å². The Kier molecular flexibility index (Phi) is 4.12. The van der Waals surface area contributed by atoms with Gasteiger partial charge in [0.2, 0.25) is 0 Å². The van der Waals surface area contributed by atoms with Gasteiger partial charge in [0.1, 0.15) is 5.82 Å². The Morgan fingerprint density at radius 2 is 1.64 bits per heavy atom. The minimum atomic E-state index is -0.189. The summed E-state index contributed by atoms with van der Waals surface area (Å²) in [4.78, 5) is 18.7. The average molecular weight is 350 g/mol. The monoisotopic (exact) mass is 349 g/mol. The topological polar surface area (TPSA) is 45.2 Å². The highest BCUT2D eigenvalue weighted by Gasteiger charge is 2.18. The second kappa shape index (κ2) is 6.57. The summed E-state index contributed by atoms with van der Waals surface area (Å²) in [6, 6.07) is 19.5. The Hall–Kier alpha value is -2.85. The van der Waals surface area contributed by atoms with Crippen molar-refractivity contribution in [3.63, 3.8) is 0 Å². The molecule has 1 aliphatic rings. The summed E-state index contributed by atoms with van der Waals surface area (Å²) in [6.45, 7) is 1.80. The van der Waals surface area contributed by atoms with Gasteiger partial charge in [0.25, 0.3) is 5.91 Å². The van der Waals surface area contributed by atoms with E-state index in [1.54, 1.807) is 12.1 Å². The molecule has 0 radical (unpaired) electrons. The van der Waals surface area contributed by atoms with Crippen molar-refractivity contribution in [3.8, 4) is 0 Å². The quantitative estimate of drug-likeness (QED) is 0.756. The molecule has 0 atom stereocenters. The number of nitrogens with zero attached hydrogens (tertiary/aromatic N) is 2. The zero-order chi connectivity index (χ0) is 17.2. The Bertz CT molecular complexity index is 882. The van der Waals surface area contributed by atoms with Gasteiger partial charge in [-0.3, -0.25) is 4.79 Å². The first kappa shape index (κ1) is 15.7. The Balaban J connectivity index is 1.45. The van der Waals surface area contributed by atoms with E-state index >= 15 is 0 Å². The number of hydrogen-bond acceptors (Lipinski definition) is 3. The summed E-state index contributed by atoms with van der Waals surface area (Å²) >= 11 is 5.80. The van der Waals surface area contributed by atoms with Crippen LogP contribution in [-0.2, 0) is 13.1 Å². The van der Waals surface area contributed by atoms with Crippen LogP contribution in [0.3, 0.4) is 0 Å². The van der Waals surface area contributed by atoms with Crippen molar-refractivity contribution in [1.29, 1.82) is 0 Å². The number of amides is 1. The summed E-state index contributed by atoms with van der Waals surface area (Å²) in [5.41, 5.74) is 4.42. The molecule has 3 aromatic rings. The first-order valence-corrected chi connectivity index (χ1v) is 8.41. The normalized spacial score (nSPS) is 12.8. The second-order valence-electron chi connectivity index (χ2n) is 5.99. The molecule has 25 heavy (non-hydrogen) atoms. The first-order valence-electron chi connectivity index (χ1n) is 8.04. The minimum Gasteiger partial charge on any atom is -0.363 e. The van der Waals surface area contributed by atoms with Crippen molar-refractivity contribution in [2.75, 3.05) is 10.2 Å². The molecule has 124 valence electrons. The Morgan fingerprint density at radius 1 is 0.960 bits per heavy atom. The zero-order valence-electron chi connectivity index (χ0n) is 13.4. The largest absolute Gasteiger partial charge is 0.363 e. The van der Waals surface area contributed by atoms with Crippen LogP contribution in [0.25, 0.3) is 0 Å². The molecule has 1 amide bonds. The van der Waals surface area contributed by atoms with Gasteiger partial charge >= 0.3 is 0 Å². The number of carbonyl (C=O) groups excluding carboxylic acids is 1. The summed E-state index contributed by atoms with van der Waals surface area (Å²) in [7, 11) is 0. The van der Waals surface area contributed by atoms with Crippen LogP contribution in [0.1, 0.15) is 21.5 Å². The summed E-state index contributed by atoms with van der Waals surface area (Å²) in [5, 5.41) is 3.30. The molecule has 1 aliphatic heterocycles. The van der Waals surface area contributed by atoms with Crippen LogP contribution in [0.4, 0.5) is 11.5 Å². The van der Waals surface area contributed by atoms with Crippen molar-refractivity contribution in [2.45, 2.75) is 13.1 Å². The molecular formula is C20H16ClN3O. The average Bonchev–Trinajstić information content (AvgIpc) is 3.08. The van der Waals surface area contributed by atoms with E-state index in [1.165, 1.54) is 17.3 Å². The number of fused-ring (bicyclic) bond motifs is 1. The van der Waals surface area contributed by atoms with Crippen molar-refractivity contribution in [2.24, 2.45) is 0 Å². The number of carbonyl (C=O) groups is 1. The van der Waals surface area contributed by atoms with E-state index in [1.807, 2.05) is 24.3 Å². The lowest BCUT2D eigenvalue weighted by atomic mass is 10.1. The molecule has 2 heterocycles. The lowest BCUT2D eigenvalue weighted by Gasteiger charge is -2.18. The maximum atomic E-state index is 12.3. The van der Waals surface area contributed by atoms with E-state index in [-0.39, 0.29) is 5.91 Å². The van der Waals surface area contributed by atoms with Gasteiger partial charge in [-0.05, 0) is 47.5 Å². The number of hydrogen-bond donors (Lipinski definition) is 1. The SMILES string of the molecule is O=C(Nc1ccc(Cl)cn1)c1ccc(N2Cc3ccccc3C2)cc1. The van der Waals surface area contributed by atoms with Crippen LogP contribution in [0.5, 0.6) is 0 Å². The fraction of sp³-hybridized carbons (Fsp3) is 0.100. The van der Waals surface area contributed by atoms with Crippen molar-refractivity contribution in [1.82, 2.24) is 4.98 Å². The molecule has 4 nitrogen and oxygen atoms in total. The van der Waals surface area contributed by atoms with Gasteiger partial charge in [-0.25, -0.2) is 4.98 Å². The van der Waals surface area contributed by atoms with Crippen LogP contribution >= 0.6 is 11.6 Å². The Labute approximate surface area is 151 Å². The number of benzene rings is 2. The molecule has 0 aliphatic carbocycles. The third-order valence-corrected chi connectivity index (χ3v) is 4.53. The van der Waals surface area contributed by atoms with Gasteiger partial charge in [-0.2, -0.15) is 0 Å². The fourth-order valence-electron chi connectivity index (χ4n) is 2.98. The molecule has 0 unspecified atom stereocenters. The van der Waals surface area contributed by atoms with Gasteiger partial charge in [0.05, 0.1) is 5.02 Å². The molecular weight excluding hydrogens is 334 g/mol. The summed E-state index contributed by atoms with van der Waals surface area (Å²) < 4.78 is 0. The molecule has 0 bridgehead atoms. The number of pyridine rings is 1. The van der Waals surface area contributed by atoms with Gasteiger partial charge in [-0.15, -0.1) is 0 Å². The number of aromatic nitrogens is 1. The second-order valence-corrected chi connectivity index (χ2v) is 6.42. The van der Waals surface area contributed by atoms with Crippen molar-refractivity contribution >= 4 is 29.0 Å². The van der Waals surface area contributed by atoms with Gasteiger partial charge in [0.15, 0.2) is 0 Å².